The van der Waals surface area contributed by atoms with E-state index in [-0.39, 0.29) is 5.75 Å². The first-order valence-electron chi connectivity index (χ1n) is 7.91. The number of benzene rings is 1. The smallest absolute Gasteiger partial charge is 0.247 e. The number of hydrogen-bond acceptors (Lipinski definition) is 6. The highest BCUT2D eigenvalue weighted by atomic mass is 32.2. The summed E-state index contributed by atoms with van der Waals surface area (Å²) in [6.45, 7) is 1.55. The quantitative estimate of drug-likeness (QED) is 0.787. The van der Waals surface area contributed by atoms with E-state index in [1.807, 2.05) is 17.5 Å². The van der Waals surface area contributed by atoms with Gasteiger partial charge in [0, 0.05) is 16.9 Å². The molecule has 1 aliphatic rings. The molecule has 3 rings (SSSR count). The number of nitrogens with one attached hydrogen (secondary N) is 1. The Morgan fingerprint density at radius 3 is 2.54 bits per heavy atom. The molecule has 0 unspecified atom stereocenters. The molecule has 2 heterocycles. The number of sulfonamides is 2. The zero-order chi connectivity index (χ0) is 18.9. The van der Waals surface area contributed by atoms with Crippen LogP contribution < -0.4 is 4.72 Å². The predicted octanol–water partition coefficient (Wildman–Crippen LogP) is 2.62. The molecule has 1 aromatic carbocycles. The minimum absolute atomic E-state index is 0.0545. The van der Waals surface area contributed by atoms with E-state index in [1.165, 1.54) is 11.3 Å². The van der Waals surface area contributed by atoms with Crippen molar-refractivity contribution in [2.24, 2.45) is 5.10 Å². The minimum Gasteiger partial charge on any atom is -0.283 e. The lowest BCUT2D eigenvalue weighted by Gasteiger charge is -2.19. The number of nitrogens with zero attached hydrogens (tertiary/aromatic N) is 2. The molecule has 0 aliphatic carbocycles. The van der Waals surface area contributed by atoms with Crippen LogP contribution in [-0.2, 0) is 20.0 Å². The van der Waals surface area contributed by atoms with Gasteiger partial charge in [-0.3, -0.25) is 4.72 Å². The fraction of sp³-hybridized carbons (Fsp3) is 0.312. The van der Waals surface area contributed by atoms with Gasteiger partial charge in [0.05, 0.1) is 23.4 Å². The maximum Gasteiger partial charge on any atom is 0.247 e. The molecule has 1 atom stereocenters. The first-order valence-corrected chi connectivity index (χ1v) is 12.3. The van der Waals surface area contributed by atoms with Crippen LogP contribution in [-0.4, -0.2) is 39.0 Å². The first-order chi connectivity index (χ1) is 12.2. The highest BCUT2D eigenvalue weighted by Gasteiger charge is 2.35. The van der Waals surface area contributed by atoms with Crippen molar-refractivity contribution in [3.8, 4) is 0 Å². The standard InChI is InChI=1S/C16H19N3O4S3/c1-3-26(22,23)18-13-8-5-4-7-12(13)14-11-15(16-9-6-10-24-16)19(17-14)25(2,20)21/h4-10,15,18H,3,11H2,1-2H3/t15-/m0/s1. The lowest BCUT2D eigenvalue weighted by atomic mass is 10.0. The second-order valence-corrected chi connectivity index (χ2v) is 10.7. The van der Waals surface area contributed by atoms with Crippen molar-refractivity contribution < 1.29 is 16.8 Å². The maximum absolute atomic E-state index is 12.2. The number of hydrogen-bond donors (Lipinski definition) is 1. The average Bonchev–Trinajstić information content (AvgIpc) is 3.24. The zero-order valence-corrected chi connectivity index (χ0v) is 16.7. The summed E-state index contributed by atoms with van der Waals surface area (Å²) in [7, 11) is -7.02. The largest absolute Gasteiger partial charge is 0.283 e. The van der Waals surface area contributed by atoms with Crippen LogP contribution in [0.3, 0.4) is 0 Å². The van der Waals surface area contributed by atoms with Gasteiger partial charge < -0.3 is 0 Å². The molecule has 0 spiro atoms. The van der Waals surface area contributed by atoms with Gasteiger partial charge in [0.2, 0.25) is 20.0 Å². The van der Waals surface area contributed by atoms with Crippen molar-refractivity contribution in [2.45, 2.75) is 19.4 Å². The van der Waals surface area contributed by atoms with Gasteiger partial charge in [-0.1, -0.05) is 24.3 Å². The van der Waals surface area contributed by atoms with Crippen molar-refractivity contribution in [1.82, 2.24) is 4.41 Å². The van der Waals surface area contributed by atoms with E-state index in [2.05, 4.69) is 9.82 Å². The van der Waals surface area contributed by atoms with Crippen LogP contribution in [0.25, 0.3) is 0 Å². The summed E-state index contributed by atoms with van der Waals surface area (Å²) >= 11 is 1.46. The van der Waals surface area contributed by atoms with Gasteiger partial charge in [-0.2, -0.15) is 9.52 Å². The van der Waals surface area contributed by atoms with Gasteiger partial charge in [0.15, 0.2) is 0 Å². The summed E-state index contributed by atoms with van der Waals surface area (Å²) in [6.07, 6.45) is 1.49. The number of rotatable bonds is 6. The summed E-state index contributed by atoms with van der Waals surface area (Å²) < 4.78 is 51.9. The zero-order valence-electron chi connectivity index (χ0n) is 14.3. The monoisotopic (exact) mass is 413 g/mol. The lowest BCUT2D eigenvalue weighted by Crippen LogP contribution is -2.25. The summed E-state index contributed by atoms with van der Waals surface area (Å²) in [5.74, 6) is -0.0545. The van der Waals surface area contributed by atoms with Crippen molar-refractivity contribution in [3.63, 3.8) is 0 Å². The molecule has 1 aliphatic heterocycles. The van der Waals surface area contributed by atoms with Gasteiger partial charge in [0.1, 0.15) is 6.04 Å². The molecule has 0 fully saturated rings. The van der Waals surface area contributed by atoms with Gasteiger partial charge >= 0.3 is 0 Å². The molecule has 0 saturated heterocycles. The lowest BCUT2D eigenvalue weighted by molar-refractivity contribution is 0.379. The van der Waals surface area contributed by atoms with Crippen molar-refractivity contribution in [3.05, 3.63) is 52.2 Å². The predicted molar refractivity (Wildman–Crippen MR) is 104 cm³/mol. The summed E-state index contributed by atoms with van der Waals surface area (Å²) in [4.78, 5) is 0.890. The Morgan fingerprint density at radius 1 is 1.19 bits per heavy atom. The average molecular weight is 414 g/mol. The Bertz CT molecular complexity index is 1030. The topological polar surface area (TPSA) is 95.9 Å². The van der Waals surface area contributed by atoms with E-state index in [9.17, 15) is 16.8 Å². The molecule has 10 heteroatoms. The number of thiophene rings is 1. The molecule has 0 radical (unpaired) electrons. The van der Waals surface area contributed by atoms with Crippen LogP contribution >= 0.6 is 11.3 Å². The first kappa shape index (κ1) is 18.9. The molecule has 0 bridgehead atoms. The number of anilines is 1. The summed E-state index contributed by atoms with van der Waals surface area (Å²) in [5, 5.41) is 6.20. The minimum atomic E-state index is -3.56. The van der Waals surface area contributed by atoms with Crippen LogP contribution in [0.1, 0.15) is 29.8 Å². The SMILES string of the molecule is CCS(=O)(=O)Nc1ccccc1C1=NN(S(C)(=O)=O)[C@H](c2cccs2)C1. The van der Waals surface area contributed by atoms with Crippen LogP contribution in [0.15, 0.2) is 46.9 Å². The molecule has 0 amide bonds. The third-order valence-corrected chi connectivity index (χ3v) is 7.25. The van der Waals surface area contributed by atoms with Crippen LogP contribution in [0.2, 0.25) is 0 Å². The third kappa shape index (κ3) is 3.92. The van der Waals surface area contributed by atoms with Crippen molar-refractivity contribution in [1.29, 1.82) is 0 Å². The second-order valence-electron chi connectivity index (χ2n) is 5.87. The molecule has 7 nitrogen and oxygen atoms in total. The molecule has 140 valence electrons. The Hall–Kier alpha value is -1.91. The maximum atomic E-state index is 12.2. The van der Waals surface area contributed by atoms with Crippen molar-refractivity contribution >= 4 is 42.8 Å². The molecular formula is C16H19N3O4S3. The van der Waals surface area contributed by atoms with Crippen molar-refractivity contribution in [2.75, 3.05) is 16.7 Å². The van der Waals surface area contributed by atoms with Gasteiger partial charge in [-0.05, 0) is 24.4 Å². The highest BCUT2D eigenvalue weighted by Crippen LogP contribution is 2.37. The second kappa shape index (κ2) is 7.01. The van der Waals surface area contributed by atoms with E-state index < -0.39 is 26.1 Å². The molecule has 1 aromatic heterocycles. The fourth-order valence-electron chi connectivity index (χ4n) is 2.71. The van der Waals surface area contributed by atoms with E-state index >= 15 is 0 Å². The molecule has 0 saturated carbocycles. The fourth-order valence-corrected chi connectivity index (χ4v) is 5.15. The van der Waals surface area contributed by atoms with Gasteiger partial charge in [0.25, 0.3) is 0 Å². The van der Waals surface area contributed by atoms with Gasteiger partial charge in [-0.15, -0.1) is 11.3 Å². The number of para-hydroxylation sites is 1. The number of hydrazone groups is 1. The third-order valence-electron chi connectivity index (χ3n) is 3.97. The molecule has 2 aromatic rings. The van der Waals surface area contributed by atoms with Crippen LogP contribution in [0.5, 0.6) is 0 Å². The van der Waals surface area contributed by atoms with Gasteiger partial charge in [-0.25, -0.2) is 16.8 Å². The van der Waals surface area contributed by atoms with E-state index in [1.54, 1.807) is 31.2 Å². The summed E-state index contributed by atoms with van der Waals surface area (Å²) in [6, 6.07) is 10.2. The molecule has 1 N–H and O–H groups in total. The summed E-state index contributed by atoms with van der Waals surface area (Å²) in [5.41, 5.74) is 1.51. The van der Waals surface area contributed by atoms with Crippen LogP contribution in [0, 0.1) is 0 Å². The molecular weight excluding hydrogens is 394 g/mol. The Kier molecular flexibility index (Phi) is 5.09. The van der Waals surface area contributed by atoms with E-state index in [4.69, 9.17) is 0 Å². The highest BCUT2D eigenvalue weighted by molar-refractivity contribution is 7.92. The Balaban J connectivity index is 2.03. The Labute approximate surface area is 157 Å². The Morgan fingerprint density at radius 2 is 1.92 bits per heavy atom. The molecule has 26 heavy (non-hydrogen) atoms. The van der Waals surface area contributed by atoms with E-state index in [0.717, 1.165) is 15.5 Å². The normalized spacial score (nSPS) is 18.0. The van der Waals surface area contributed by atoms with E-state index in [0.29, 0.717) is 23.4 Å². The van der Waals surface area contributed by atoms with Crippen LogP contribution in [0.4, 0.5) is 5.69 Å².